The fraction of sp³-hybridized carbons (Fsp3) is 0.778. The van der Waals surface area contributed by atoms with Crippen LogP contribution in [0.3, 0.4) is 0 Å². The third-order valence-corrected chi connectivity index (χ3v) is 3.01. The van der Waals surface area contributed by atoms with Crippen LogP contribution in [0.25, 0.3) is 0 Å². The molecule has 1 rings (SSSR count). The van der Waals surface area contributed by atoms with Crippen molar-refractivity contribution in [2.45, 2.75) is 19.8 Å². The van der Waals surface area contributed by atoms with Crippen LogP contribution in [0.2, 0.25) is 0 Å². The molecule has 0 aliphatic carbocycles. The van der Waals surface area contributed by atoms with Gasteiger partial charge < -0.3 is 9.80 Å². The summed E-state index contributed by atoms with van der Waals surface area (Å²) in [6.45, 7) is 3.74. The van der Waals surface area contributed by atoms with E-state index in [-0.39, 0.29) is 5.75 Å². The summed E-state index contributed by atoms with van der Waals surface area (Å²) < 4.78 is 30.2. The van der Waals surface area contributed by atoms with Gasteiger partial charge in [0.15, 0.2) is 0 Å². The van der Waals surface area contributed by atoms with Gasteiger partial charge in [-0.3, -0.25) is 4.55 Å². The molecule has 15 heavy (non-hydrogen) atoms. The zero-order chi connectivity index (χ0) is 11.5. The van der Waals surface area contributed by atoms with Crippen LogP contribution in [-0.2, 0) is 10.1 Å². The van der Waals surface area contributed by atoms with Crippen LogP contribution in [0.4, 0.5) is 0 Å². The number of unbranched alkanes of at least 4 members (excludes halogenated alkanes) is 1. The van der Waals surface area contributed by atoms with Gasteiger partial charge in [0, 0.05) is 25.5 Å². The summed E-state index contributed by atoms with van der Waals surface area (Å²) in [6.07, 6.45) is 4.01. The first-order chi connectivity index (χ1) is 6.92. The molecule has 0 atom stereocenters. The van der Waals surface area contributed by atoms with Gasteiger partial charge in [-0.1, -0.05) is 13.3 Å². The Labute approximate surface area is 91.1 Å². The Kier molecular flexibility index (Phi) is 3.98. The molecule has 0 spiro atoms. The Bertz CT molecular complexity index is 337. The highest BCUT2D eigenvalue weighted by molar-refractivity contribution is 7.85. The van der Waals surface area contributed by atoms with E-state index in [9.17, 15) is 8.42 Å². The van der Waals surface area contributed by atoms with Gasteiger partial charge in [-0.05, 0) is 6.42 Å². The van der Waals surface area contributed by atoms with Crippen molar-refractivity contribution in [2.24, 2.45) is 0 Å². The first-order valence-corrected chi connectivity index (χ1v) is 6.64. The highest BCUT2D eigenvalue weighted by Crippen LogP contribution is 2.15. The molecule has 0 aromatic heterocycles. The van der Waals surface area contributed by atoms with Crippen molar-refractivity contribution in [3.05, 3.63) is 11.9 Å². The summed E-state index contributed by atoms with van der Waals surface area (Å²) in [6, 6.07) is 0. The first kappa shape index (κ1) is 12.3. The standard InChI is InChI=1S/C9H18N2O3S/c1-3-4-5-11-6-9(10(2)8-11)7-15(12,13)14/h6H,3-5,7-8H2,1-2H3,(H,12,13,14). The normalized spacial score (nSPS) is 17.1. The molecule has 88 valence electrons. The van der Waals surface area contributed by atoms with Crippen molar-refractivity contribution >= 4 is 10.1 Å². The minimum absolute atomic E-state index is 0.299. The Morgan fingerprint density at radius 1 is 1.53 bits per heavy atom. The quantitative estimate of drug-likeness (QED) is 0.710. The van der Waals surface area contributed by atoms with E-state index in [0.717, 1.165) is 19.4 Å². The van der Waals surface area contributed by atoms with Crippen LogP contribution in [0.15, 0.2) is 11.9 Å². The Hall–Kier alpha value is -0.750. The molecule has 1 N–H and O–H groups in total. The molecule has 0 saturated heterocycles. The van der Waals surface area contributed by atoms with Crippen LogP contribution < -0.4 is 0 Å². The van der Waals surface area contributed by atoms with Gasteiger partial charge in [-0.25, -0.2) is 0 Å². The molecule has 1 aliphatic rings. The van der Waals surface area contributed by atoms with Crippen LogP contribution in [0, 0.1) is 0 Å². The van der Waals surface area contributed by atoms with Crippen molar-refractivity contribution in [1.29, 1.82) is 0 Å². The van der Waals surface area contributed by atoms with Gasteiger partial charge in [0.2, 0.25) is 0 Å². The Morgan fingerprint density at radius 2 is 2.20 bits per heavy atom. The SMILES string of the molecule is CCCCN1C=C(CS(=O)(=O)O)N(C)C1. The maximum absolute atomic E-state index is 10.7. The molecule has 1 heterocycles. The van der Waals surface area contributed by atoms with Crippen molar-refractivity contribution in [3.8, 4) is 0 Å². The average molecular weight is 234 g/mol. The highest BCUT2D eigenvalue weighted by atomic mass is 32.2. The van der Waals surface area contributed by atoms with E-state index < -0.39 is 10.1 Å². The fourth-order valence-electron chi connectivity index (χ4n) is 1.54. The van der Waals surface area contributed by atoms with Crippen molar-refractivity contribution < 1.29 is 13.0 Å². The van der Waals surface area contributed by atoms with Crippen molar-refractivity contribution in [2.75, 3.05) is 26.0 Å². The minimum Gasteiger partial charge on any atom is -0.358 e. The van der Waals surface area contributed by atoms with E-state index in [2.05, 4.69) is 11.8 Å². The van der Waals surface area contributed by atoms with Crippen LogP contribution >= 0.6 is 0 Å². The number of rotatable bonds is 5. The molecule has 0 aromatic rings. The third-order valence-electron chi connectivity index (χ3n) is 2.34. The predicted molar refractivity (Wildman–Crippen MR) is 58.7 cm³/mol. The highest BCUT2D eigenvalue weighted by Gasteiger charge is 2.20. The fourth-order valence-corrected chi connectivity index (χ4v) is 2.21. The Balaban J connectivity index is 2.57. The van der Waals surface area contributed by atoms with Gasteiger partial charge in [0.05, 0.1) is 6.67 Å². The van der Waals surface area contributed by atoms with E-state index in [1.54, 1.807) is 0 Å². The largest absolute Gasteiger partial charge is 0.358 e. The summed E-state index contributed by atoms with van der Waals surface area (Å²) >= 11 is 0. The molecule has 1 aliphatic heterocycles. The molecule has 0 aromatic carbocycles. The molecule has 0 fully saturated rings. The monoisotopic (exact) mass is 234 g/mol. The zero-order valence-electron chi connectivity index (χ0n) is 9.18. The summed E-state index contributed by atoms with van der Waals surface area (Å²) in [4.78, 5) is 3.90. The molecule has 0 unspecified atom stereocenters. The second kappa shape index (κ2) is 4.85. The van der Waals surface area contributed by atoms with E-state index in [1.807, 2.05) is 18.1 Å². The second-order valence-corrected chi connectivity index (χ2v) is 5.30. The molecule has 0 bridgehead atoms. The summed E-state index contributed by atoms with van der Waals surface area (Å²) in [7, 11) is -2.10. The maximum Gasteiger partial charge on any atom is 0.270 e. The summed E-state index contributed by atoms with van der Waals surface area (Å²) in [5.74, 6) is -0.299. The smallest absolute Gasteiger partial charge is 0.270 e. The second-order valence-electron chi connectivity index (χ2n) is 3.85. The number of hydrogen-bond donors (Lipinski definition) is 1. The maximum atomic E-state index is 10.7. The zero-order valence-corrected chi connectivity index (χ0v) is 10.00. The first-order valence-electron chi connectivity index (χ1n) is 5.03. The average Bonchev–Trinajstić information content (AvgIpc) is 2.41. The lowest BCUT2D eigenvalue weighted by molar-refractivity contribution is 0.285. The number of hydrogen-bond acceptors (Lipinski definition) is 4. The lowest BCUT2D eigenvalue weighted by Gasteiger charge is -2.18. The van der Waals surface area contributed by atoms with E-state index in [1.165, 1.54) is 0 Å². The molecule has 0 radical (unpaired) electrons. The summed E-state index contributed by atoms with van der Waals surface area (Å²) in [5.41, 5.74) is 0.647. The van der Waals surface area contributed by atoms with Crippen LogP contribution in [0.5, 0.6) is 0 Å². The lowest BCUT2D eigenvalue weighted by atomic mass is 10.3. The molecule has 6 heteroatoms. The van der Waals surface area contributed by atoms with Gasteiger partial charge in [-0.2, -0.15) is 8.42 Å². The Morgan fingerprint density at radius 3 is 2.73 bits per heavy atom. The topological polar surface area (TPSA) is 60.9 Å². The summed E-state index contributed by atoms with van der Waals surface area (Å²) in [5, 5.41) is 0. The van der Waals surface area contributed by atoms with Crippen LogP contribution in [0.1, 0.15) is 19.8 Å². The van der Waals surface area contributed by atoms with E-state index in [0.29, 0.717) is 12.4 Å². The van der Waals surface area contributed by atoms with Crippen molar-refractivity contribution in [1.82, 2.24) is 9.80 Å². The molecular weight excluding hydrogens is 216 g/mol. The third kappa shape index (κ3) is 4.09. The van der Waals surface area contributed by atoms with Gasteiger partial charge in [-0.15, -0.1) is 0 Å². The molecule has 0 amide bonds. The van der Waals surface area contributed by atoms with Crippen molar-refractivity contribution in [3.63, 3.8) is 0 Å². The molecule has 0 saturated carbocycles. The van der Waals surface area contributed by atoms with E-state index in [4.69, 9.17) is 4.55 Å². The molecular formula is C9H18N2O3S. The molecule has 5 nitrogen and oxygen atoms in total. The van der Waals surface area contributed by atoms with Crippen LogP contribution in [-0.4, -0.2) is 48.8 Å². The number of nitrogens with zero attached hydrogens (tertiary/aromatic N) is 2. The van der Waals surface area contributed by atoms with Gasteiger partial charge >= 0.3 is 0 Å². The minimum atomic E-state index is -3.92. The van der Waals surface area contributed by atoms with Gasteiger partial charge in [0.1, 0.15) is 5.75 Å². The van der Waals surface area contributed by atoms with E-state index >= 15 is 0 Å². The van der Waals surface area contributed by atoms with Gasteiger partial charge in [0.25, 0.3) is 10.1 Å². The predicted octanol–water partition coefficient (Wildman–Crippen LogP) is 0.721. The lowest BCUT2D eigenvalue weighted by Crippen LogP contribution is -2.25.